The molecule has 3 heteroatoms. The van der Waals surface area contributed by atoms with Gasteiger partial charge < -0.3 is 5.73 Å². The molecule has 0 saturated carbocycles. The van der Waals surface area contributed by atoms with Crippen LogP contribution in [0.1, 0.15) is 19.0 Å². The van der Waals surface area contributed by atoms with Crippen LogP contribution in [-0.4, -0.2) is 15.8 Å². The maximum absolute atomic E-state index is 5.63. The molecular weight excluding hydrogens is 138 g/mol. The van der Waals surface area contributed by atoms with E-state index in [1.165, 1.54) is 5.69 Å². The third-order valence-corrected chi connectivity index (χ3v) is 1.78. The topological polar surface area (TPSA) is 43.8 Å². The average Bonchev–Trinajstić information content (AvgIpc) is 2.31. The Labute approximate surface area is 67.2 Å². The van der Waals surface area contributed by atoms with Crippen LogP contribution in [0.3, 0.4) is 0 Å². The van der Waals surface area contributed by atoms with E-state index in [0.29, 0.717) is 0 Å². The number of nitrogens with zero attached hydrogens (tertiary/aromatic N) is 2. The lowest BCUT2D eigenvalue weighted by Gasteiger charge is -2.04. The van der Waals surface area contributed by atoms with E-state index in [1.807, 2.05) is 30.9 Å². The van der Waals surface area contributed by atoms with Crippen molar-refractivity contribution < 1.29 is 0 Å². The summed E-state index contributed by atoms with van der Waals surface area (Å²) in [5, 5.41) is 4.07. The molecule has 1 unspecified atom stereocenters. The van der Waals surface area contributed by atoms with Gasteiger partial charge in [-0.25, -0.2) is 0 Å². The normalized spacial score (nSPS) is 13.4. The SMILES string of the molecule is CC(N)CCc1ccnn1C. The van der Waals surface area contributed by atoms with Gasteiger partial charge in [0.25, 0.3) is 0 Å². The third-order valence-electron chi connectivity index (χ3n) is 1.78. The molecular formula is C8H15N3. The summed E-state index contributed by atoms with van der Waals surface area (Å²) < 4.78 is 1.89. The Kier molecular flexibility index (Phi) is 2.65. The highest BCUT2D eigenvalue weighted by Crippen LogP contribution is 2.01. The van der Waals surface area contributed by atoms with Gasteiger partial charge in [-0.15, -0.1) is 0 Å². The van der Waals surface area contributed by atoms with Crippen LogP contribution >= 0.6 is 0 Å². The van der Waals surface area contributed by atoms with Gasteiger partial charge in [-0.2, -0.15) is 5.10 Å². The second-order valence-electron chi connectivity index (χ2n) is 2.96. The van der Waals surface area contributed by atoms with E-state index >= 15 is 0 Å². The largest absolute Gasteiger partial charge is 0.328 e. The van der Waals surface area contributed by atoms with E-state index in [0.717, 1.165) is 12.8 Å². The lowest BCUT2D eigenvalue weighted by atomic mass is 10.1. The summed E-state index contributed by atoms with van der Waals surface area (Å²) in [5.41, 5.74) is 6.88. The van der Waals surface area contributed by atoms with Gasteiger partial charge in [0, 0.05) is 25.0 Å². The van der Waals surface area contributed by atoms with Gasteiger partial charge in [0.2, 0.25) is 0 Å². The van der Waals surface area contributed by atoms with Crippen molar-refractivity contribution in [3.63, 3.8) is 0 Å². The minimum atomic E-state index is 0.282. The van der Waals surface area contributed by atoms with E-state index in [-0.39, 0.29) is 6.04 Å². The molecule has 1 rings (SSSR count). The first-order valence-electron chi connectivity index (χ1n) is 3.92. The fraction of sp³-hybridized carbons (Fsp3) is 0.625. The zero-order valence-corrected chi connectivity index (χ0v) is 7.12. The summed E-state index contributed by atoms with van der Waals surface area (Å²) in [7, 11) is 1.95. The van der Waals surface area contributed by atoms with Crippen molar-refractivity contribution >= 4 is 0 Å². The molecule has 1 aromatic heterocycles. The average molecular weight is 153 g/mol. The zero-order chi connectivity index (χ0) is 8.27. The predicted octanol–water partition coefficient (Wildman–Crippen LogP) is 0.700. The Bertz CT molecular complexity index is 215. The van der Waals surface area contributed by atoms with Crippen LogP contribution in [0.4, 0.5) is 0 Å². The molecule has 1 heterocycles. The number of aryl methyl sites for hydroxylation is 2. The van der Waals surface area contributed by atoms with Crippen LogP contribution in [0.15, 0.2) is 12.3 Å². The van der Waals surface area contributed by atoms with E-state index in [2.05, 4.69) is 5.10 Å². The Morgan fingerprint density at radius 3 is 2.91 bits per heavy atom. The minimum absolute atomic E-state index is 0.282. The summed E-state index contributed by atoms with van der Waals surface area (Å²) >= 11 is 0. The third kappa shape index (κ3) is 2.35. The Hall–Kier alpha value is -0.830. The summed E-state index contributed by atoms with van der Waals surface area (Å²) in [6.45, 7) is 2.02. The van der Waals surface area contributed by atoms with Gasteiger partial charge >= 0.3 is 0 Å². The first kappa shape index (κ1) is 8.27. The molecule has 1 aromatic rings. The molecule has 0 fully saturated rings. The highest BCUT2D eigenvalue weighted by molar-refractivity contribution is 4.99. The molecule has 0 aromatic carbocycles. The second kappa shape index (κ2) is 3.53. The van der Waals surface area contributed by atoms with E-state index in [1.54, 1.807) is 0 Å². The summed E-state index contributed by atoms with van der Waals surface area (Å²) in [6, 6.07) is 2.31. The van der Waals surface area contributed by atoms with E-state index < -0.39 is 0 Å². The highest BCUT2D eigenvalue weighted by atomic mass is 15.2. The maximum Gasteiger partial charge on any atom is 0.0492 e. The van der Waals surface area contributed by atoms with Gasteiger partial charge in [0.05, 0.1) is 0 Å². The quantitative estimate of drug-likeness (QED) is 0.694. The van der Waals surface area contributed by atoms with Crippen molar-refractivity contribution in [2.24, 2.45) is 12.8 Å². The number of hydrogen-bond acceptors (Lipinski definition) is 2. The Morgan fingerprint density at radius 2 is 2.45 bits per heavy atom. The molecule has 2 N–H and O–H groups in total. The van der Waals surface area contributed by atoms with Crippen molar-refractivity contribution in [1.82, 2.24) is 9.78 Å². The first-order valence-corrected chi connectivity index (χ1v) is 3.92. The molecule has 0 radical (unpaired) electrons. The molecule has 0 spiro atoms. The van der Waals surface area contributed by atoms with Gasteiger partial charge in [-0.1, -0.05) is 0 Å². The summed E-state index contributed by atoms with van der Waals surface area (Å²) in [5.74, 6) is 0. The second-order valence-corrected chi connectivity index (χ2v) is 2.96. The van der Waals surface area contributed by atoms with Gasteiger partial charge in [0.1, 0.15) is 0 Å². The number of aromatic nitrogens is 2. The van der Waals surface area contributed by atoms with E-state index in [4.69, 9.17) is 5.73 Å². The molecule has 0 aliphatic rings. The lowest BCUT2D eigenvalue weighted by Crippen LogP contribution is -2.16. The van der Waals surface area contributed by atoms with Crippen molar-refractivity contribution in [2.45, 2.75) is 25.8 Å². The van der Waals surface area contributed by atoms with Crippen LogP contribution < -0.4 is 5.73 Å². The molecule has 1 atom stereocenters. The van der Waals surface area contributed by atoms with Gasteiger partial charge in [-0.05, 0) is 25.8 Å². The molecule has 0 bridgehead atoms. The predicted molar refractivity (Wildman–Crippen MR) is 45.2 cm³/mol. The summed E-state index contributed by atoms with van der Waals surface area (Å²) in [4.78, 5) is 0. The van der Waals surface area contributed by atoms with Gasteiger partial charge in [0.15, 0.2) is 0 Å². The van der Waals surface area contributed by atoms with Crippen LogP contribution in [0, 0.1) is 0 Å². The molecule has 0 aliphatic heterocycles. The van der Waals surface area contributed by atoms with Crippen LogP contribution in [0.5, 0.6) is 0 Å². The van der Waals surface area contributed by atoms with Crippen LogP contribution in [0.25, 0.3) is 0 Å². The van der Waals surface area contributed by atoms with Gasteiger partial charge in [-0.3, -0.25) is 4.68 Å². The molecule has 0 amide bonds. The van der Waals surface area contributed by atoms with Crippen molar-refractivity contribution in [2.75, 3.05) is 0 Å². The smallest absolute Gasteiger partial charge is 0.0492 e. The number of rotatable bonds is 3. The standard InChI is InChI=1S/C8H15N3/c1-7(9)3-4-8-5-6-10-11(8)2/h5-7H,3-4,9H2,1-2H3. The molecule has 0 aliphatic carbocycles. The van der Waals surface area contributed by atoms with Crippen LogP contribution in [0.2, 0.25) is 0 Å². The zero-order valence-electron chi connectivity index (χ0n) is 7.12. The molecule has 3 nitrogen and oxygen atoms in total. The first-order chi connectivity index (χ1) is 5.20. The monoisotopic (exact) mass is 153 g/mol. The molecule has 11 heavy (non-hydrogen) atoms. The summed E-state index contributed by atoms with van der Waals surface area (Å²) in [6.07, 6.45) is 3.87. The highest BCUT2D eigenvalue weighted by Gasteiger charge is 1.99. The number of nitrogens with two attached hydrogens (primary N) is 1. The lowest BCUT2D eigenvalue weighted by molar-refractivity contribution is 0.624. The maximum atomic E-state index is 5.63. The fourth-order valence-electron chi connectivity index (χ4n) is 1.02. The van der Waals surface area contributed by atoms with Crippen molar-refractivity contribution in [1.29, 1.82) is 0 Å². The minimum Gasteiger partial charge on any atom is -0.328 e. The van der Waals surface area contributed by atoms with E-state index in [9.17, 15) is 0 Å². The Morgan fingerprint density at radius 1 is 1.73 bits per heavy atom. The molecule has 0 saturated heterocycles. The molecule has 62 valence electrons. The Balaban J connectivity index is 2.44. The fourth-order valence-corrected chi connectivity index (χ4v) is 1.02. The number of hydrogen-bond donors (Lipinski definition) is 1. The van der Waals surface area contributed by atoms with Crippen molar-refractivity contribution in [3.05, 3.63) is 18.0 Å². The van der Waals surface area contributed by atoms with Crippen LogP contribution in [-0.2, 0) is 13.5 Å². The van der Waals surface area contributed by atoms with Crippen molar-refractivity contribution in [3.8, 4) is 0 Å².